The molecule has 7 heteroatoms. The van der Waals surface area contributed by atoms with E-state index in [1.165, 1.54) is 0 Å². The number of nitrogens with zero attached hydrogens (tertiary/aromatic N) is 5. The van der Waals surface area contributed by atoms with E-state index in [0.29, 0.717) is 10.6 Å². The molecule has 2 saturated heterocycles. The van der Waals surface area contributed by atoms with Crippen LogP contribution in [-0.2, 0) is 5.41 Å². The van der Waals surface area contributed by atoms with Gasteiger partial charge in [-0.1, -0.05) is 23.7 Å². The van der Waals surface area contributed by atoms with Crippen LogP contribution < -0.4 is 0 Å². The quantitative estimate of drug-likeness (QED) is 0.506. The Balaban J connectivity index is 1.37. The predicted octanol–water partition coefficient (Wildman–Crippen LogP) is 4.29. The zero-order valence-corrected chi connectivity index (χ0v) is 19.1. The van der Waals surface area contributed by atoms with Crippen LogP contribution in [0.5, 0.6) is 0 Å². The van der Waals surface area contributed by atoms with E-state index in [-0.39, 0.29) is 29.4 Å². The number of halogens is 1. The summed E-state index contributed by atoms with van der Waals surface area (Å²) in [4.78, 5) is 26.0. The van der Waals surface area contributed by atoms with E-state index in [1.807, 2.05) is 48.5 Å². The fourth-order valence-corrected chi connectivity index (χ4v) is 5.68. The molecule has 0 N–H and O–H groups in total. The van der Waals surface area contributed by atoms with Crippen LogP contribution in [0.25, 0.3) is 11.3 Å². The van der Waals surface area contributed by atoms with Crippen LogP contribution in [0.2, 0.25) is 5.02 Å². The van der Waals surface area contributed by atoms with Gasteiger partial charge in [0.1, 0.15) is 0 Å². The van der Waals surface area contributed by atoms with Gasteiger partial charge in [0.25, 0.3) is 5.91 Å². The number of hydrogen-bond acceptors (Lipinski definition) is 5. The molecule has 1 aromatic heterocycles. The molecular weight excluding hydrogens is 422 g/mol. The smallest absolute Gasteiger partial charge is 0.255 e. The van der Waals surface area contributed by atoms with Crippen LogP contribution in [0, 0.1) is 11.5 Å². The van der Waals surface area contributed by atoms with Crippen molar-refractivity contribution in [1.29, 1.82) is 5.26 Å². The monoisotopic (exact) mass is 447 g/mol. The molecule has 0 spiro atoms. The highest BCUT2D eigenvalue weighted by Gasteiger charge is 2.48. The number of rotatable bonds is 5. The highest BCUT2D eigenvalue weighted by molar-refractivity contribution is 6.34. The number of aliphatic imine (C=N–C) groups is 1. The molecule has 0 radical (unpaired) electrons. The Labute approximate surface area is 193 Å². The third-order valence-corrected chi connectivity index (χ3v) is 7.67. The van der Waals surface area contributed by atoms with E-state index in [2.05, 4.69) is 11.2 Å². The fraction of sp³-hybridized carbons (Fsp3) is 0.440. The van der Waals surface area contributed by atoms with Gasteiger partial charge in [-0.05, 0) is 56.4 Å². The minimum atomic E-state index is -0.102. The van der Waals surface area contributed by atoms with Crippen LogP contribution in [0.15, 0.2) is 41.4 Å². The number of hydrogen-bond donors (Lipinski definition) is 0. The molecule has 1 amide bonds. The number of fused-ring (bicyclic) bond motifs is 2. The standard InChI is InChI=1S/C25H26ClN5O/c1-28-14-25(10-11-25)23-5-3-4-20(29-23)16-6-8-18(19(26)12-16)24(32)30(2)22-13-17-7-9-21(22)31(17)15-27/h3-6,8,12,14,17,21-22H,7,9-11,13H2,1-2H3/t17-,21+,22+/m0/s1. The van der Waals surface area contributed by atoms with Gasteiger partial charge < -0.3 is 9.80 Å². The summed E-state index contributed by atoms with van der Waals surface area (Å²) in [5, 5.41) is 9.85. The minimum absolute atomic E-state index is 0.0366. The van der Waals surface area contributed by atoms with Crippen LogP contribution in [0.3, 0.4) is 0 Å². The first kappa shape index (κ1) is 21.0. The Kier molecular flexibility index (Phi) is 5.17. The molecule has 3 atom stereocenters. The largest absolute Gasteiger partial charge is 0.336 e. The minimum Gasteiger partial charge on any atom is -0.336 e. The summed E-state index contributed by atoms with van der Waals surface area (Å²) in [6.07, 6.45) is 9.26. The Morgan fingerprint density at radius 1 is 1.34 bits per heavy atom. The topological polar surface area (TPSA) is 72.6 Å². The van der Waals surface area contributed by atoms with Crippen molar-refractivity contribution in [1.82, 2.24) is 14.8 Å². The van der Waals surface area contributed by atoms with Crippen LogP contribution in [0.1, 0.15) is 48.2 Å². The van der Waals surface area contributed by atoms with Gasteiger partial charge in [0.15, 0.2) is 6.19 Å². The van der Waals surface area contributed by atoms with Gasteiger partial charge in [-0.25, -0.2) is 0 Å². The Bertz CT molecular complexity index is 1140. The van der Waals surface area contributed by atoms with E-state index in [4.69, 9.17) is 16.6 Å². The van der Waals surface area contributed by atoms with Gasteiger partial charge in [0, 0.05) is 37.3 Å². The Hall–Kier alpha value is -2.91. The summed E-state index contributed by atoms with van der Waals surface area (Å²) < 4.78 is 0. The number of carbonyl (C=O) groups is 1. The average Bonchev–Trinajstić information content (AvgIpc) is 3.38. The van der Waals surface area contributed by atoms with Crippen molar-refractivity contribution < 1.29 is 4.79 Å². The molecule has 2 aromatic rings. The molecule has 3 aliphatic rings. The second-order valence-electron chi connectivity index (χ2n) is 9.17. The van der Waals surface area contributed by atoms with Crippen LogP contribution >= 0.6 is 11.6 Å². The normalized spacial score (nSPS) is 25.2. The number of carbonyl (C=O) groups excluding carboxylic acids is 1. The second-order valence-corrected chi connectivity index (χ2v) is 9.58. The molecule has 32 heavy (non-hydrogen) atoms. The molecule has 164 valence electrons. The molecule has 2 bridgehead atoms. The molecule has 3 heterocycles. The van der Waals surface area contributed by atoms with Crippen molar-refractivity contribution in [2.45, 2.75) is 55.6 Å². The fourth-order valence-electron chi connectivity index (χ4n) is 5.42. The van der Waals surface area contributed by atoms with E-state index < -0.39 is 0 Å². The summed E-state index contributed by atoms with van der Waals surface area (Å²) in [5.41, 5.74) is 3.19. The van der Waals surface area contributed by atoms with Crippen molar-refractivity contribution in [3.63, 3.8) is 0 Å². The maximum absolute atomic E-state index is 13.2. The van der Waals surface area contributed by atoms with Crippen molar-refractivity contribution in [2.24, 2.45) is 4.99 Å². The zero-order chi connectivity index (χ0) is 22.5. The second kappa shape index (κ2) is 7.90. The first-order valence-electron chi connectivity index (χ1n) is 11.1. The molecular formula is C25H26ClN5O. The summed E-state index contributed by atoms with van der Waals surface area (Å²) in [5.74, 6) is -0.102. The lowest BCUT2D eigenvalue weighted by molar-refractivity contribution is 0.0699. The van der Waals surface area contributed by atoms with Crippen molar-refractivity contribution >= 4 is 23.7 Å². The summed E-state index contributed by atoms with van der Waals surface area (Å²) in [6, 6.07) is 12.0. The number of benzene rings is 1. The third kappa shape index (κ3) is 3.36. The molecule has 1 aliphatic carbocycles. The molecule has 0 unspecified atom stereocenters. The highest BCUT2D eigenvalue weighted by atomic mass is 35.5. The van der Waals surface area contributed by atoms with Crippen molar-refractivity contribution in [2.75, 3.05) is 14.1 Å². The molecule has 2 aliphatic heterocycles. The van der Waals surface area contributed by atoms with Gasteiger partial charge in [-0.2, -0.15) is 5.26 Å². The zero-order valence-electron chi connectivity index (χ0n) is 18.3. The highest BCUT2D eigenvalue weighted by Crippen LogP contribution is 2.46. The number of likely N-dealkylation sites (N-methyl/N-ethyl adjacent to an activating group) is 1. The van der Waals surface area contributed by atoms with Crippen LogP contribution in [0.4, 0.5) is 0 Å². The van der Waals surface area contributed by atoms with Crippen molar-refractivity contribution in [3.8, 4) is 17.5 Å². The van der Waals surface area contributed by atoms with Gasteiger partial charge >= 0.3 is 0 Å². The lowest BCUT2D eigenvalue weighted by atomic mass is 9.94. The number of nitriles is 1. The van der Waals surface area contributed by atoms with E-state index in [9.17, 15) is 10.1 Å². The first-order valence-corrected chi connectivity index (χ1v) is 11.5. The predicted molar refractivity (Wildman–Crippen MR) is 125 cm³/mol. The molecule has 6 nitrogen and oxygen atoms in total. The maximum Gasteiger partial charge on any atom is 0.255 e. The Morgan fingerprint density at radius 2 is 2.16 bits per heavy atom. The summed E-state index contributed by atoms with van der Waals surface area (Å²) in [7, 11) is 3.62. The number of aromatic nitrogens is 1. The van der Waals surface area contributed by atoms with Crippen molar-refractivity contribution in [3.05, 3.63) is 52.7 Å². The molecule has 3 fully saturated rings. The average molecular weight is 448 g/mol. The number of pyridine rings is 1. The number of amides is 1. The maximum atomic E-state index is 13.2. The third-order valence-electron chi connectivity index (χ3n) is 7.36. The molecule has 1 aromatic carbocycles. The molecule has 1 saturated carbocycles. The van der Waals surface area contributed by atoms with E-state index >= 15 is 0 Å². The SMILES string of the molecule is CN=CC1(c2cccc(-c3ccc(C(=O)N(C)[C@@H]4C[C@@H]5CC[C@H]4N5C#N)c(Cl)c3)n2)CC1. The van der Waals surface area contributed by atoms with Gasteiger partial charge in [-0.15, -0.1) is 0 Å². The van der Waals surface area contributed by atoms with E-state index in [1.54, 1.807) is 18.0 Å². The van der Waals surface area contributed by atoms with E-state index in [0.717, 1.165) is 49.1 Å². The summed E-state index contributed by atoms with van der Waals surface area (Å²) >= 11 is 6.59. The van der Waals surface area contributed by atoms with Crippen LogP contribution in [-0.4, -0.2) is 59.1 Å². The Morgan fingerprint density at radius 3 is 2.81 bits per heavy atom. The summed E-state index contributed by atoms with van der Waals surface area (Å²) in [6.45, 7) is 0. The first-order chi connectivity index (χ1) is 15.5. The lowest BCUT2D eigenvalue weighted by Crippen LogP contribution is -2.44. The van der Waals surface area contributed by atoms with Gasteiger partial charge in [-0.3, -0.25) is 14.8 Å². The van der Waals surface area contributed by atoms with Gasteiger partial charge in [0.2, 0.25) is 0 Å². The molecule has 5 rings (SSSR count). The van der Waals surface area contributed by atoms with Gasteiger partial charge in [0.05, 0.1) is 34.1 Å². The lowest BCUT2D eigenvalue weighted by Gasteiger charge is -2.31.